The Bertz CT molecular complexity index is 789. The van der Waals surface area contributed by atoms with E-state index in [1.165, 1.54) is 19.1 Å². The number of hydrogen-bond acceptors (Lipinski definition) is 3. The maximum absolute atomic E-state index is 13.8. The van der Waals surface area contributed by atoms with Gasteiger partial charge in [-0.3, -0.25) is 9.59 Å². The second kappa shape index (κ2) is 7.20. The van der Waals surface area contributed by atoms with E-state index in [1.807, 2.05) is 0 Å². The number of carbonyl (C=O) groups excluding carboxylic acids is 2. The van der Waals surface area contributed by atoms with Crippen LogP contribution in [0.15, 0.2) is 42.5 Å². The van der Waals surface area contributed by atoms with Gasteiger partial charge in [-0.1, -0.05) is 0 Å². The summed E-state index contributed by atoms with van der Waals surface area (Å²) in [6.45, 7) is 1.27. The first-order valence-electron chi connectivity index (χ1n) is 6.88. The van der Waals surface area contributed by atoms with Gasteiger partial charge in [-0.2, -0.15) is 0 Å². The first-order chi connectivity index (χ1) is 11.6. The lowest BCUT2D eigenvalue weighted by atomic mass is 10.2. The van der Waals surface area contributed by atoms with Crippen molar-refractivity contribution >= 4 is 23.2 Å². The van der Waals surface area contributed by atoms with Crippen molar-refractivity contribution in [1.29, 1.82) is 0 Å². The molecule has 0 heterocycles. The molecule has 2 amide bonds. The maximum atomic E-state index is 13.8. The molecule has 2 aromatic carbocycles. The van der Waals surface area contributed by atoms with Gasteiger partial charge in [-0.15, -0.1) is 13.2 Å². The summed E-state index contributed by atoms with van der Waals surface area (Å²) in [5, 5.41) is 4.71. The van der Waals surface area contributed by atoms with Gasteiger partial charge in [0.1, 0.15) is 11.6 Å². The van der Waals surface area contributed by atoms with Crippen LogP contribution in [0.1, 0.15) is 17.3 Å². The molecule has 0 spiro atoms. The van der Waals surface area contributed by atoms with Crippen LogP contribution in [0.3, 0.4) is 0 Å². The smallest absolute Gasteiger partial charge is 0.406 e. The minimum atomic E-state index is -4.84. The van der Waals surface area contributed by atoms with E-state index in [1.54, 1.807) is 0 Å². The zero-order chi connectivity index (χ0) is 18.6. The lowest BCUT2D eigenvalue weighted by Gasteiger charge is -2.11. The molecule has 0 saturated carbocycles. The predicted octanol–water partition coefficient (Wildman–Crippen LogP) is 3.94. The van der Waals surface area contributed by atoms with Crippen molar-refractivity contribution in [1.82, 2.24) is 0 Å². The number of rotatable bonds is 4. The van der Waals surface area contributed by atoms with Gasteiger partial charge in [0.15, 0.2) is 0 Å². The zero-order valence-corrected chi connectivity index (χ0v) is 12.8. The van der Waals surface area contributed by atoms with Crippen LogP contribution in [0.25, 0.3) is 0 Å². The highest BCUT2D eigenvalue weighted by atomic mass is 19.4. The fraction of sp³-hybridized carbons (Fsp3) is 0.125. The van der Waals surface area contributed by atoms with E-state index in [2.05, 4.69) is 15.4 Å². The molecule has 132 valence electrons. The fourth-order valence-electron chi connectivity index (χ4n) is 1.90. The predicted molar refractivity (Wildman–Crippen MR) is 81.8 cm³/mol. The van der Waals surface area contributed by atoms with Crippen LogP contribution in [-0.2, 0) is 4.79 Å². The molecular weight excluding hydrogens is 344 g/mol. The van der Waals surface area contributed by atoms with Gasteiger partial charge in [0.25, 0.3) is 5.91 Å². The van der Waals surface area contributed by atoms with E-state index in [4.69, 9.17) is 0 Å². The average Bonchev–Trinajstić information content (AvgIpc) is 2.49. The molecule has 5 nitrogen and oxygen atoms in total. The highest BCUT2D eigenvalue weighted by molar-refractivity contribution is 6.04. The molecule has 0 radical (unpaired) electrons. The Morgan fingerprint density at radius 2 is 1.64 bits per heavy atom. The number of halogens is 4. The summed E-state index contributed by atoms with van der Waals surface area (Å²) in [7, 11) is 0. The third-order valence-electron chi connectivity index (χ3n) is 2.89. The maximum Gasteiger partial charge on any atom is 0.573 e. The Kier molecular flexibility index (Phi) is 5.26. The van der Waals surface area contributed by atoms with Gasteiger partial charge in [0.05, 0.1) is 5.69 Å². The minimum Gasteiger partial charge on any atom is -0.406 e. The summed E-state index contributed by atoms with van der Waals surface area (Å²) in [6, 6.07) is 7.73. The molecule has 9 heteroatoms. The number of carbonyl (C=O) groups is 2. The Morgan fingerprint density at radius 1 is 1.00 bits per heavy atom. The third kappa shape index (κ3) is 5.48. The van der Waals surface area contributed by atoms with Crippen molar-refractivity contribution in [3.63, 3.8) is 0 Å². The molecule has 2 rings (SSSR count). The quantitative estimate of drug-likeness (QED) is 0.816. The molecule has 0 unspecified atom stereocenters. The normalized spacial score (nSPS) is 10.9. The Balaban J connectivity index is 2.12. The molecule has 0 atom stereocenters. The molecule has 0 aromatic heterocycles. The third-order valence-corrected chi connectivity index (χ3v) is 2.89. The SMILES string of the molecule is CC(=O)Nc1ccc(F)c(NC(=O)c2ccc(OC(F)(F)F)cc2)c1. The Morgan fingerprint density at radius 3 is 2.20 bits per heavy atom. The van der Waals surface area contributed by atoms with E-state index >= 15 is 0 Å². The number of amides is 2. The van der Waals surface area contributed by atoms with Gasteiger partial charge in [0, 0.05) is 18.2 Å². The van der Waals surface area contributed by atoms with Crippen molar-refractivity contribution in [2.24, 2.45) is 0 Å². The van der Waals surface area contributed by atoms with Crippen LogP contribution >= 0.6 is 0 Å². The monoisotopic (exact) mass is 356 g/mol. The van der Waals surface area contributed by atoms with Crippen LogP contribution < -0.4 is 15.4 Å². The summed E-state index contributed by atoms with van der Waals surface area (Å²) >= 11 is 0. The molecule has 2 N–H and O–H groups in total. The lowest BCUT2D eigenvalue weighted by molar-refractivity contribution is -0.274. The van der Waals surface area contributed by atoms with Crippen molar-refractivity contribution < 1.29 is 31.9 Å². The standard InChI is InChI=1S/C16H12F4N2O3/c1-9(23)21-11-4-7-13(17)14(8-11)22-15(24)10-2-5-12(6-3-10)25-16(18,19)20/h2-8H,1H3,(H,21,23)(H,22,24). The van der Waals surface area contributed by atoms with E-state index in [-0.39, 0.29) is 22.8 Å². The Hall–Kier alpha value is -3.10. The molecule has 0 aliphatic heterocycles. The number of benzene rings is 2. The van der Waals surface area contributed by atoms with Crippen LogP contribution in [0.4, 0.5) is 28.9 Å². The molecule has 0 aliphatic rings. The van der Waals surface area contributed by atoms with Crippen LogP contribution in [0.2, 0.25) is 0 Å². The number of alkyl halides is 3. The molecular formula is C16H12F4N2O3. The summed E-state index contributed by atoms with van der Waals surface area (Å²) in [4.78, 5) is 23.1. The lowest BCUT2D eigenvalue weighted by Crippen LogP contribution is -2.17. The number of hydrogen-bond donors (Lipinski definition) is 2. The summed E-state index contributed by atoms with van der Waals surface area (Å²) in [5.41, 5.74) is 0.0869. The fourth-order valence-corrected chi connectivity index (χ4v) is 1.90. The number of ether oxygens (including phenoxy) is 1. The summed E-state index contributed by atoms with van der Waals surface area (Å²) in [5.74, 6) is -2.33. The van der Waals surface area contributed by atoms with E-state index < -0.39 is 23.8 Å². The second-order valence-corrected chi connectivity index (χ2v) is 4.90. The van der Waals surface area contributed by atoms with Crippen molar-refractivity contribution in [3.05, 3.63) is 53.8 Å². The molecule has 0 bridgehead atoms. The van der Waals surface area contributed by atoms with Gasteiger partial charge in [-0.05, 0) is 42.5 Å². The van der Waals surface area contributed by atoms with E-state index in [9.17, 15) is 27.2 Å². The van der Waals surface area contributed by atoms with Crippen molar-refractivity contribution in [3.8, 4) is 5.75 Å². The van der Waals surface area contributed by atoms with Gasteiger partial charge < -0.3 is 15.4 Å². The van der Waals surface area contributed by atoms with Crippen LogP contribution in [0, 0.1) is 5.82 Å². The average molecular weight is 356 g/mol. The highest BCUT2D eigenvalue weighted by Crippen LogP contribution is 2.24. The number of nitrogens with one attached hydrogen (secondary N) is 2. The first kappa shape index (κ1) is 18.2. The second-order valence-electron chi connectivity index (χ2n) is 4.90. The van der Waals surface area contributed by atoms with E-state index in [0.29, 0.717) is 0 Å². The number of anilines is 2. The van der Waals surface area contributed by atoms with Crippen molar-refractivity contribution in [2.75, 3.05) is 10.6 Å². The zero-order valence-electron chi connectivity index (χ0n) is 12.8. The highest BCUT2D eigenvalue weighted by Gasteiger charge is 2.31. The topological polar surface area (TPSA) is 67.4 Å². The first-order valence-corrected chi connectivity index (χ1v) is 6.88. The summed E-state index contributed by atoms with van der Waals surface area (Å²) < 4.78 is 53.7. The summed E-state index contributed by atoms with van der Waals surface area (Å²) in [6.07, 6.45) is -4.84. The Labute approximate surface area is 139 Å². The largest absolute Gasteiger partial charge is 0.573 e. The van der Waals surface area contributed by atoms with Gasteiger partial charge in [0.2, 0.25) is 5.91 Å². The van der Waals surface area contributed by atoms with E-state index in [0.717, 1.165) is 30.3 Å². The van der Waals surface area contributed by atoms with Crippen molar-refractivity contribution in [2.45, 2.75) is 13.3 Å². The van der Waals surface area contributed by atoms with Crippen LogP contribution in [-0.4, -0.2) is 18.2 Å². The molecule has 25 heavy (non-hydrogen) atoms. The molecule has 0 saturated heterocycles. The van der Waals surface area contributed by atoms with Crippen LogP contribution in [0.5, 0.6) is 5.75 Å². The minimum absolute atomic E-state index is 0.00106. The van der Waals surface area contributed by atoms with Gasteiger partial charge >= 0.3 is 6.36 Å². The molecule has 0 aliphatic carbocycles. The van der Waals surface area contributed by atoms with Gasteiger partial charge in [-0.25, -0.2) is 4.39 Å². The molecule has 0 fully saturated rings. The molecule has 2 aromatic rings.